The highest BCUT2D eigenvalue weighted by Gasteiger charge is 2.41. The number of carbonyl (C=O) groups excluding carboxylic acids is 1. The van der Waals surface area contributed by atoms with Crippen LogP contribution in [0.4, 0.5) is 0 Å². The highest BCUT2D eigenvalue weighted by molar-refractivity contribution is 6.90. The molecule has 0 unspecified atom stereocenters. The van der Waals surface area contributed by atoms with Crippen molar-refractivity contribution in [1.82, 2.24) is 0 Å². The zero-order valence-electron chi connectivity index (χ0n) is 14.3. The van der Waals surface area contributed by atoms with Gasteiger partial charge >= 0.3 is 5.97 Å². The summed E-state index contributed by atoms with van der Waals surface area (Å²) in [6.07, 6.45) is 0. The van der Waals surface area contributed by atoms with Crippen LogP contribution < -0.4 is 0 Å². The van der Waals surface area contributed by atoms with Crippen LogP contribution in [0.2, 0.25) is 16.6 Å². The lowest BCUT2D eigenvalue weighted by Gasteiger charge is -2.37. The van der Waals surface area contributed by atoms with E-state index in [2.05, 4.69) is 76.7 Å². The Morgan fingerprint density at radius 1 is 1.00 bits per heavy atom. The predicted molar refractivity (Wildman–Crippen MR) is 91.0 cm³/mol. The zero-order valence-corrected chi connectivity index (χ0v) is 15.3. The van der Waals surface area contributed by atoms with Crippen molar-refractivity contribution < 1.29 is 9.53 Å². The van der Waals surface area contributed by atoms with Crippen molar-refractivity contribution in [3.05, 3.63) is 0 Å². The van der Waals surface area contributed by atoms with Gasteiger partial charge in [-0.1, -0.05) is 47.5 Å². The van der Waals surface area contributed by atoms with Crippen LogP contribution in [0.1, 0.15) is 48.5 Å². The van der Waals surface area contributed by atoms with Gasteiger partial charge in [0.25, 0.3) is 0 Å². The fourth-order valence-corrected chi connectivity index (χ4v) is 8.04. The first-order valence-electron chi connectivity index (χ1n) is 7.38. The third kappa shape index (κ3) is 5.70. The topological polar surface area (TPSA) is 26.3 Å². The molecule has 0 aromatic rings. The molecule has 0 aromatic heterocycles. The molecule has 2 nitrogen and oxygen atoms in total. The fourth-order valence-electron chi connectivity index (χ4n) is 2.89. The maximum atomic E-state index is 11.0. The van der Waals surface area contributed by atoms with Gasteiger partial charge < -0.3 is 4.74 Å². The molecular weight excluding hydrogens is 276 g/mol. The molecule has 0 fully saturated rings. The average Bonchev–Trinajstić information content (AvgIpc) is 2.36. The lowest BCUT2D eigenvalue weighted by molar-refractivity contribution is -0.135. The molecule has 0 heterocycles. The molecule has 0 atom stereocenters. The summed E-state index contributed by atoms with van der Waals surface area (Å²) in [6.45, 7) is 15.2. The maximum Gasteiger partial charge on any atom is 0.385 e. The molecule has 21 heavy (non-hydrogen) atoms. The van der Waals surface area contributed by atoms with Crippen LogP contribution in [0.5, 0.6) is 0 Å². The molecular formula is C18H26O2Si. The van der Waals surface area contributed by atoms with E-state index in [1.165, 1.54) is 0 Å². The molecule has 0 radical (unpaired) electrons. The van der Waals surface area contributed by atoms with E-state index in [1.807, 2.05) is 0 Å². The minimum Gasteiger partial charge on any atom is -0.443 e. The quantitative estimate of drug-likeness (QED) is 0.342. The second-order valence-corrected chi connectivity index (χ2v) is 11.5. The summed E-state index contributed by atoms with van der Waals surface area (Å²) >= 11 is 0. The number of carbonyl (C=O) groups is 1. The molecule has 0 aliphatic carbocycles. The zero-order chi connectivity index (χ0) is 16.5. The van der Waals surface area contributed by atoms with Crippen LogP contribution in [0, 0.1) is 35.1 Å². The Bertz CT molecular complexity index is 503. The molecule has 0 aromatic carbocycles. The first-order valence-corrected chi connectivity index (χ1v) is 9.61. The normalized spacial score (nSPS) is 10.2. The summed E-state index contributed by atoms with van der Waals surface area (Å²) in [6, 6.07) is 0. The van der Waals surface area contributed by atoms with Crippen molar-refractivity contribution in [2.24, 2.45) is 0 Å². The van der Waals surface area contributed by atoms with Gasteiger partial charge in [0.15, 0.2) is 6.61 Å². The number of hydrogen-bond donors (Lipinski definition) is 0. The highest BCUT2D eigenvalue weighted by atomic mass is 28.3. The number of rotatable bonds is 4. The SMILES string of the molecule is CC#CC(=O)OCC#CC#C[Si](C(C)C)(C(C)C)C(C)C. The van der Waals surface area contributed by atoms with Crippen LogP contribution >= 0.6 is 0 Å². The van der Waals surface area contributed by atoms with Gasteiger partial charge in [-0.3, -0.25) is 0 Å². The van der Waals surface area contributed by atoms with E-state index in [1.54, 1.807) is 6.92 Å². The molecule has 0 saturated heterocycles. The van der Waals surface area contributed by atoms with E-state index in [0.29, 0.717) is 16.6 Å². The van der Waals surface area contributed by atoms with E-state index >= 15 is 0 Å². The van der Waals surface area contributed by atoms with Crippen LogP contribution in [-0.4, -0.2) is 20.7 Å². The Hall–Kier alpha value is -1.63. The van der Waals surface area contributed by atoms with Crippen molar-refractivity contribution in [2.45, 2.75) is 65.1 Å². The van der Waals surface area contributed by atoms with Gasteiger partial charge in [-0.05, 0) is 41.3 Å². The van der Waals surface area contributed by atoms with Gasteiger partial charge in [0, 0.05) is 5.92 Å². The molecule has 0 saturated carbocycles. The van der Waals surface area contributed by atoms with Crippen molar-refractivity contribution in [3.63, 3.8) is 0 Å². The largest absolute Gasteiger partial charge is 0.443 e. The van der Waals surface area contributed by atoms with Crippen molar-refractivity contribution >= 4 is 14.0 Å². The Kier molecular flexibility index (Phi) is 8.60. The van der Waals surface area contributed by atoms with Gasteiger partial charge in [-0.2, -0.15) is 0 Å². The molecule has 114 valence electrons. The highest BCUT2D eigenvalue weighted by Crippen LogP contribution is 2.40. The van der Waals surface area contributed by atoms with Crippen LogP contribution in [-0.2, 0) is 9.53 Å². The van der Waals surface area contributed by atoms with Crippen molar-refractivity contribution in [3.8, 4) is 35.1 Å². The van der Waals surface area contributed by atoms with Crippen LogP contribution in [0.3, 0.4) is 0 Å². The minimum atomic E-state index is -1.72. The van der Waals surface area contributed by atoms with Crippen LogP contribution in [0.15, 0.2) is 0 Å². The summed E-state index contributed by atoms with van der Waals surface area (Å²) in [7, 11) is -1.72. The summed E-state index contributed by atoms with van der Waals surface area (Å²) < 4.78 is 4.81. The third-order valence-corrected chi connectivity index (χ3v) is 10.1. The van der Waals surface area contributed by atoms with Crippen molar-refractivity contribution in [2.75, 3.05) is 6.61 Å². The molecule has 0 bridgehead atoms. The molecule has 0 rings (SSSR count). The number of ether oxygens (including phenoxy) is 1. The summed E-state index contributed by atoms with van der Waals surface area (Å²) in [5.74, 6) is 12.8. The minimum absolute atomic E-state index is 0.0434. The second-order valence-electron chi connectivity index (χ2n) is 5.90. The van der Waals surface area contributed by atoms with E-state index in [9.17, 15) is 4.79 Å². The Balaban J connectivity index is 4.92. The monoisotopic (exact) mass is 302 g/mol. The molecule has 0 aliphatic rings. The Morgan fingerprint density at radius 3 is 1.95 bits per heavy atom. The fraction of sp³-hybridized carbons (Fsp3) is 0.611. The molecule has 0 aliphatic heterocycles. The smallest absolute Gasteiger partial charge is 0.385 e. The summed E-state index contributed by atoms with van der Waals surface area (Å²) in [5.41, 5.74) is 5.25. The third-order valence-electron chi connectivity index (χ3n) is 3.80. The first kappa shape index (κ1) is 19.4. The maximum absolute atomic E-state index is 11.0. The Morgan fingerprint density at radius 2 is 1.52 bits per heavy atom. The number of hydrogen-bond acceptors (Lipinski definition) is 2. The van der Waals surface area contributed by atoms with Gasteiger partial charge in [0.1, 0.15) is 8.07 Å². The van der Waals surface area contributed by atoms with E-state index in [4.69, 9.17) is 4.74 Å². The van der Waals surface area contributed by atoms with Gasteiger partial charge in [0.05, 0.1) is 0 Å². The van der Waals surface area contributed by atoms with Gasteiger partial charge in [0.2, 0.25) is 0 Å². The molecule has 0 N–H and O–H groups in total. The molecule has 0 amide bonds. The van der Waals surface area contributed by atoms with E-state index < -0.39 is 14.0 Å². The van der Waals surface area contributed by atoms with E-state index in [-0.39, 0.29) is 6.61 Å². The van der Waals surface area contributed by atoms with Crippen LogP contribution in [0.25, 0.3) is 0 Å². The molecule has 3 heteroatoms. The first-order chi connectivity index (χ1) is 9.78. The van der Waals surface area contributed by atoms with Crippen molar-refractivity contribution in [1.29, 1.82) is 0 Å². The summed E-state index contributed by atoms with van der Waals surface area (Å²) in [5, 5.41) is 0. The van der Waals surface area contributed by atoms with E-state index in [0.717, 1.165) is 0 Å². The van der Waals surface area contributed by atoms with Gasteiger partial charge in [-0.15, -0.1) is 5.54 Å². The average molecular weight is 302 g/mol. The standard InChI is InChI=1S/C18H26O2Si/c1-8-12-18(19)20-13-10-9-11-14-21(15(2)3,16(4)5)17(6)7/h15-17H,13H2,1-7H3. The predicted octanol–water partition coefficient (Wildman–Crippen LogP) is 3.78. The Labute approximate surface area is 131 Å². The molecule has 0 spiro atoms. The number of esters is 1. The second kappa shape index (κ2) is 9.33. The lowest BCUT2D eigenvalue weighted by atomic mass is 10.5. The lowest BCUT2D eigenvalue weighted by Crippen LogP contribution is -2.43. The summed E-state index contributed by atoms with van der Waals surface area (Å²) in [4.78, 5) is 11.0. The van der Waals surface area contributed by atoms with Gasteiger partial charge in [-0.25, -0.2) is 4.79 Å².